The van der Waals surface area contributed by atoms with Gasteiger partial charge < -0.3 is 18.9 Å². The van der Waals surface area contributed by atoms with Crippen molar-refractivity contribution in [2.24, 2.45) is 0 Å². The van der Waals surface area contributed by atoms with Crippen LogP contribution in [0.3, 0.4) is 0 Å². The lowest BCUT2D eigenvalue weighted by Gasteiger charge is -2.25. The first-order valence-corrected chi connectivity index (χ1v) is 11.0. The summed E-state index contributed by atoms with van der Waals surface area (Å²) in [4.78, 5) is 48.6. The summed E-state index contributed by atoms with van der Waals surface area (Å²) in [6.07, 6.45) is 4.89. The molecule has 0 heterocycles. The molecule has 0 N–H and O–H groups in total. The van der Waals surface area contributed by atoms with Crippen molar-refractivity contribution in [3.8, 4) is 23.0 Å². The van der Waals surface area contributed by atoms with Gasteiger partial charge in [0.1, 0.15) is 0 Å². The van der Waals surface area contributed by atoms with Gasteiger partial charge in [-0.3, -0.25) is 14.4 Å². The van der Waals surface area contributed by atoms with Crippen molar-refractivity contribution in [3.63, 3.8) is 0 Å². The lowest BCUT2D eigenvalue weighted by Crippen LogP contribution is -2.18. The minimum Gasteiger partial charge on any atom is -0.422 e. The molecule has 8 nitrogen and oxygen atoms in total. The summed E-state index contributed by atoms with van der Waals surface area (Å²) in [6, 6.07) is 0. The van der Waals surface area contributed by atoms with E-state index in [1.807, 2.05) is 26.8 Å². The van der Waals surface area contributed by atoms with E-state index in [1.165, 1.54) is 27.7 Å². The van der Waals surface area contributed by atoms with Crippen molar-refractivity contribution in [2.45, 2.75) is 81.1 Å². The molecule has 0 saturated carbocycles. The van der Waals surface area contributed by atoms with Gasteiger partial charge in [0.2, 0.25) is 0 Å². The van der Waals surface area contributed by atoms with Gasteiger partial charge >= 0.3 is 23.9 Å². The van der Waals surface area contributed by atoms with E-state index in [4.69, 9.17) is 18.9 Å². The average molecular weight is 475 g/mol. The van der Waals surface area contributed by atoms with Gasteiger partial charge in [-0.1, -0.05) is 24.6 Å². The van der Waals surface area contributed by atoms with E-state index >= 15 is 0 Å². The smallest absolute Gasteiger partial charge is 0.338 e. The minimum atomic E-state index is -0.666. The molecule has 1 atom stereocenters. The van der Waals surface area contributed by atoms with Gasteiger partial charge in [0.25, 0.3) is 0 Å². The summed E-state index contributed by atoms with van der Waals surface area (Å²) in [7, 11) is 0. The maximum atomic E-state index is 12.7. The van der Waals surface area contributed by atoms with Crippen LogP contribution in [0.15, 0.2) is 23.3 Å². The van der Waals surface area contributed by atoms with Gasteiger partial charge in [0, 0.05) is 37.5 Å². The molecule has 0 spiro atoms. The summed E-state index contributed by atoms with van der Waals surface area (Å²) in [5.74, 6) is -3.27. The largest absolute Gasteiger partial charge is 0.422 e. The highest BCUT2D eigenvalue weighted by Gasteiger charge is 2.33. The molecule has 1 rings (SSSR count). The van der Waals surface area contributed by atoms with E-state index in [9.17, 15) is 19.2 Å². The van der Waals surface area contributed by atoms with Gasteiger partial charge in [-0.15, -0.1) is 0 Å². The number of esters is 4. The van der Waals surface area contributed by atoms with Crippen LogP contribution >= 0.6 is 0 Å². The Kier molecular flexibility index (Phi) is 10.7. The SMILES string of the molecule is CC=C(C)C(=O)Oc1c(OC(C)=O)c(C)c(OC(C)=O)c(OC(C)=O)c1C(C)CCC=C(C)C. The molecule has 0 bridgehead atoms. The molecule has 186 valence electrons. The first-order valence-electron chi connectivity index (χ1n) is 11.0. The Labute approximate surface area is 200 Å². The number of hydrogen-bond acceptors (Lipinski definition) is 8. The highest BCUT2D eigenvalue weighted by atomic mass is 16.6. The van der Waals surface area contributed by atoms with Crippen LogP contribution in [0.25, 0.3) is 0 Å². The molecular weight excluding hydrogens is 440 g/mol. The summed E-state index contributed by atoms with van der Waals surface area (Å²) < 4.78 is 22.0. The maximum absolute atomic E-state index is 12.7. The first-order chi connectivity index (χ1) is 15.8. The predicted molar refractivity (Wildman–Crippen MR) is 127 cm³/mol. The monoisotopic (exact) mass is 474 g/mol. The van der Waals surface area contributed by atoms with Crippen molar-refractivity contribution in [2.75, 3.05) is 0 Å². The van der Waals surface area contributed by atoms with E-state index < -0.39 is 23.9 Å². The van der Waals surface area contributed by atoms with E-state index in [1.54, 1.807) is 19.9 Å². The van der Waals surface area contributed by atoms with Crippen LogP contribution in [-0.2, 0) is 19.2 Å². The van der Waals surface area contributed by atoms with Gasteiger partial charge in [0.05, 0.1) is 0 Å². The second-order valence-electron chi connectivity index (χ2n) is 8.26. The highest BCUT2D eigenvalue weighted by molar-refractivity contribution is 5.91. The van der Waals surface area contributed by atoms with E-state index in [0.29, 0.717) is 18.4 Å². The van der Waals surface area contributed by atoms with Gasteiger partial charge in [-0.2, -0.15) is 0 Å². The molecular formula is C26H34O8. The maximum Gasteiger partial charge on any atom is 0.338 e. The van der Waals surface area contributed by atoms with Crippen molar-refractivity contribution in [3.05, 3.63) is 34.4 Å². The molecule has 1 aromatic rings. The molecule has 8 heteroatoms. The summed E-state index contributed by atoms with van der Waals surface area (Å²) in [5, 5.41) is 0. The van der Waals surface area contributed by atoms with Crippen LogP contribution in [0, 0.1) is 6.92 Å². The fraction of sp³-hybridized carbons (Fsp3) is 0.462. The van der Waals surface area contributed by atoms with Crippen LogP contribution < -0.4 is 18.9 Å². The molecule has 0 aliphatic carbocycles. The summed E-state index contributed by atoms with van der Waals surface area (Å²) >= 11 is 0. The van der Waals surface area contributed by atoms with E-state index in [-0.39, 0.29) is 40.0 Å². The fourth-order valence-corrected chi connectivity index (χ4v) is 3.18. The van der Waals surface area contributed by atoms with Crippen molar-refractivity contribution in [1.82, 2.24) is 0 Å². The number of hydrogen-bond donors (Lipinski definition) is 0. The molecule has 1 aromatic carbocycles. The number of benzene rings is 1. The first kappa shape index (κ1) is 28.6. The van der Waals surface area contributed by atoms with E-state index in [0.717, 1.165) is 5.57 Å². The van der Waals surface area contributed by atoms with Crippen LogP contribution in [0.1, 0.15) is 85.3 Å². The standard InChI is InChI=1S/C26H34O8/c1-10-15(4)26(30)34-25-21(16(5)13-11-12-14(2)3)24(33-20(9)29)22(31-18(7)27)17(6)23(25)32-19(8)28/h10,12,16H,11,13H2,1-9H3. The molecule has 0 saturated heterocycles. The molecule has 0 aromatic heterocycles. The Balaban J connectivity index is 4.04. The van der Waals surface area contributed by atoms with Gasteiger partial charge in [-0.05, 0) is 53.4 Å². The Hall–Kier alpha value is -3.42. The van der Waals surface area contributed by atoms with Crippen molar-refractivity contribution in [1.29, 1.82) is 0 Å². The third-order valence-electron chi connectivity index (χ3n) is 4.92. The van der Waals surface area contributed by atoms with E-state index in [2.05, 4.69) is 0 Å². The molecule has 0 amide bonds. The lowest BCUT2D eigenvalue weighted by atomic mass is 9.91. The minimum absolute atomic E-state index is 0.0540. The second kappa shape index (κ2) is 12.7. The molecule has 0 aliphatic heterocycles. The zero-order valence-electron chi connectivity index (χ0n) is 21.4. The number of carbonyl (C=O) groups is 4. The zero-order chi connectivity index (χ0) is 26.2. The van der Waals surface area contributed by atoms with Gasteiger partial charge in [0.15, 0.2) is 23.0 Å². The third-order valence-corrected chi connectivity index (χ3v) is 4.92. The summed E-state index contributed by atoms with van der Waals surface area (Å²) in [6.45, 7) is 14.2. The van der Waals surface area contributed by atoms with Crippen molar-refractivity contribution >= 4 is 23.9 Å². The normalized spacial score (nSPS) is 11.9. The third kappa shape index (κ3) is 7.86. The molecule has 0 fully saturated rings. The topological polar surface area (TPSA) is 105 Å². The Morgan fingerprint density at radius 2 is 1.21 bits per heavy atom. The second-order valence-corrected chi connectivity index (χ2v) is 8.26. The summed E-state index contributed by atoms with van der Waals surface area (Å²) in [5.41, 5.74) is 1.91. The van der Waals surface area contributed by atoms with Gasteiger partial charge in [-0.25, -0.2) is 4.79 Å². The molecule has 0 aliphatic rings. The Morgan fingerprint density at radius 1 is 0.765 bits per heavy atom. The number of allylic oxidation sites excluding steroid dienone is 3. The number of ether oxygens (including phenoxy) is 4. The van der Waals surface area contributed by atoms with Crippen LogP contribution in [0.5, 0.6) is 23.0 Å². The highest BCUT2D eigenvalue weighted by Crippen LogP contribution is 2.52. The Bertz CT molecular complexity index is 1030. The number of rotatable bonds is 9. The fourth-order valence-electron chi connectivity index (χ4n) is 3.18. The molecule has 0 radical (unpaired) electrons. The van der Waals surface area contributed by atoms with Crippen molar-refractivity contribution < 1.29 is 38.1 Å². The van der Waals surface area contributed by atoms with Crippen LogP contribution in [0.4, 0.5) is 0 Å². The zero-order valence-corrected chi connectivity index (χ0v) is 21.4. The Morgan fingerprint density at radius 3 is 1.62 bits per heavy atom. The van der Waals surface area contributed by atoms with Crippen LogP contribution in [-0.4, -0.2) is 23.9 Å². The average Bonchev–Trinajstić information content (AvgIpc) is 2.71. The van der Waals surface area contributed by atoms with Crippen LogP contribution in [0.2, 0.25) is 0 Å². The molecule has 1 unspecified atom stereocenters. The number of carbonyl (C=O) groups excluding carboxylic acids is 4. The lowest BCUT2D eigenvalue weighted by molar-refractivity contribution is -0.135. The molecule has 34 heavy (non-hydrogen) atoms. The quantitative estimate of drug-likeness (QED) is 0.200. The predicted octanol–water partition coefficient (Wildman–Crippen LogP) is 5.49.